The van der Waals surface area contributed by atoms with Crippen LogP contribution >= 0.6 is 11.6 Å². The predicted octanol–water partition coefficient (Wildman–Crippen LogP) is 8.98. The van der Waals surface area contributed by atoms with E-state index in [0.29, 0.717) is 40.8 Å². The minimum absolute atomic E-state index is 0.146. The maximum Gasteiger partial charge on any atom is 0.416 e. The Bertz CT molecular complexity index is 1460. The van der Waals surface area contributed by atoms with Crippen LogP contribution in [0.1, 0.15) is 53.7 Å². The number of methoxy groups -OCH3 is 1. The highest BCUT2D eigenvalue weighted by Crippen LogP contribution is 2.49. The molecule has 0 aromatic heterocycles. The van der Waals surface area contributed by atoms with Gasteiger partial charge in [0.2, 0.25) is 0 Å². The molecule has 0 radical (unpaired) electrons. The van der Waals surface area contributed by atoms with Crippen LogP contribution in [0.3, 0.4) is 0 Å². The monoisotopic (exact) mass is 587 g/mol. The molecule has 0 bridgehead atoms. The number of hydrogen-bond donors (Lipinski definition) is 0. The molecule has 0 N–H and O–H groups in total. The molecule has 0 spiro atoms. The lowest BCUT2D eigenvalue weighted by Gasteiger charge is -2.38. The second-order valence-electron chi connectivity index (χ2n) is 9.64. The molecule has 3 aromatic carbocycles. The van der Waals surface area contributed by atoms with Crippen LogP contribution in [0.15, 0.2) is 54.6 Å². The number of carbonyl (C=O) groups is 1. The lowest BCUT2D eigenvalue weighted by atomic mass is 9.84. The number of cyclic esters (lactones) is 1. The number of halogens is 8. The van der Waals surface area contributed by atoms with Crippen molar-refractivity contribution in [2.45, 2.75) is 49.8 Å². The van der Waals surface area contributed by atoms with E-state index in [0.717, 1.165) is 24.3 Å². The van der Waals surface area contributed by atoms with E-state index in [1.165, 1.54) is 24.1 Å². The number of nitrogens with zero attached hydrogens (tertiary/aromatic N) is 1. The van der Waals surface area contributed by atoms with Gasteiger partial charge >= 0.3 is 18.4 Å². The normalized spacial score (nSPS) is 21.3. The van der Waals surface area contributed by atoms with Gasteiger partial charge in [-0.05, 0) is 84.5 Å². The van der Waals surface area contributed by atoms with E-state index in [2.05, 4.69) is 0 Å². The Morgan fingerprint density at radius 3 is 2.30 bits per heavy atom. The number of carbonyl (C=O) groups excluding carboxylic acids is 1. The Labute approximate surface area is 229 Å². The Morgan fingerprint density at radius 2 is 1.62 bits per heavy atom. The Hall–Kier alpha value is -3.47. The third-order valence-corrected chi connectivity index (χ3v) is 7.46. The van der Waals surface area contributed by atoms with Crippen molar-refractivity contribution in [3.8, 4) is 16.9 Å². The SMILES string of the molecule is COc1ccc(Cl)cc1-c1ccc(C(F)(F)F)cc1C1CCCC2C(c3cc(F)cc(C(F)(F)F)c3)OC(=O)N12. The Morgan fingerprint density at radius 1 is 0.900 bits per heavy atom. The van der Waals surface area contributed by atoms with Crippen LogP contribution in [0.2, 0.25) is 5.02 Å². The second-order valence-corrected chi connectivity index (χ2v) is 10.1. The molecule has 212 valence electrons. The summed E-state index contributed by atoms with van der Waals surface area (Å²) in [6.45, 7) is 0. The number of fused-ring (bicyclic) bond motifs is 1. The number of benzene rings is 3. The fourth-order valence-corrected chi connectivity index (χ4v) is 5.70. The third kappa shape index (κ3) is 5.18. The van der Waals surface area contributed by atoms with E-state index >= 15 is 0 Å². The largest absolute Gasteiger partial charge is 0.496 e. The van der Waals surface area contributed by atoms with Crippen molar-refractivity contribution in [1.29, 1.82) is 0 Å². The molecule has 2 saturated heterocycles. The molecule has 2 fully saturated rings. The van der Waals surface area contributed by atoms with Gasteiger partial charge in [-0.25, -0.2) is 9.18 Å². The van der Waals surface area contributed by atoms with Crippen molar-refractivity contribution in [3.05, 3.63) is 87.7 Å². The summed E-state index contributed by atoms with van der Waals surface area (Å²) >= 11 is 6.19. The maximum absolute atomic E-state index is 14.2. The molecular weight excluding hydrogens is 567 g/mol. The highest BCUT2D eigenvalue weighted by Gasteiger charge is 2.49. The standard InChI is InChI=1S/C28H21ClF7NO3/c1-39-24-8-6-17(29)13-21(24)19-7-5-15(27(31,32)33)12-20(19)22-3-2-4-23-25(40-26(38)37(22)23)14-9-16(28(34,35)36)11-18(30)10-14/h5-13,22-23,25H,2-4H2,1H3. The van der Waals surface area contributed by atoms with Gasteiger partial charge in [0.25, 0.3) is 0 Å². The molecule has 1 amide bonds. The first-order valence-electron chi connectivity index (χ1n) is 12.2. The average molecular weight is 588 g/mol. The number of hydrogen-bond acceptors (Lipinski definition) is 3. The topological polar surface area (TPSA) is 38.8 Å². The van der Waals surface area contributed by atoms with E-state index in [4.69, 9.17) is 21.1 Å². The van der Waals surface area contributed by atoms with Gasteiger partial charge < -0.3 is 9.47 Å². The maximum atomic E-state index is 14.2. The summed E-state index contributed by atoms with van der Waals surface area (Å²) < 4.78 is 107. The fourth-order valence-electron chi connectivity index (χ4n) is 5.52. The predicted molar refractivity (Wildman–Crippen MR) is 131 cm³/mol. The van der Waals surface area contributed by atoms with Crippen LogP contribution in [0.5, 0.6) is 5.75 Å². The van der Waals surface area contributed by atoms with Crippen molar-refractivity contribution in [2.75, 3.05) is 7.11 Å². The van der Waals surface area contributed by atoms with Gasteiger partial charge in [-0.15, -0.1) is 0 Å². The molecule has 2 heterocycles. The summed E-state index contributed by atoms with van der Waals surface area (Å²) in [4.78, 5) is 14.4. The van der Waals surface area contributed by atoms with Gasteiger partial charge in [0.05, 0.1) is 30.3 Å². The molecule has 2 aliphatic heterocycles. The molecule has 2 aliphatic rings. The first-order chi connectivity index (χ1) is 18.8. The Kier molecular flexibility index (Phi) is 7.14. The van der Waals surface area contributed by atoms with Gasteiger partial charge in [-0.2, -0.15) is 26.3 Å². The van der Waals surface area contributed by atoms with Crippen LogP contribution < -0.4 is 4.74 Å². The number of rotatable bonds is 4. The Balaban J connectivity index is 1.62. The number of amides is 1. The van der Waals surface area contributed by atoms with E-state index < -0.39 is 53.6 Å². The minimum atomic E-state index is -4.84. The molecule has 3 aromatic rings. The summed E-state index contributed by atoms with van der Waals surface area (Å²) in [5.74, 6) is -0.820. The van der Waals surface area contributed by atoms with Crippen molar-refractivity contribution in [3.63, 3.8) is 0 Å². The smallest absolute Gasteiger partial charge is 0.416 e. The van der Waals surface area contributed by atoms with E-state index in [9.17, 15) is 35.5 Å². The minimum Gasteiger partial charge on any atom is -0.496 e. The summed E-state index contributed by atoms with van der Waals surface area (Å²) in [5.41, 5.74) is -1.50. The zero-order valence-electron chi connectivity index (χ0n) is 20.7. The van der Waals surface area contributed by atoms with Gasteiger partial charge in [0, 0.05) is 10.6 Å². The third-order valence-electron chi connectivity index (χ3n) is 7.22. The van der Waals surface area contributed by atoms with Crippen LogP contribution in [0, 0.1) is 5.82 Å². The highest BCUT2D eigenvalue weighted by atomic mass is 35.5. The molecule has 4 nitrogen and oxygen atoms in total. The molecule has 0 saturated carbocycles. The van der Waals surface area contributed by atoms with Gasteiger partial charge in [0.15, 0.2) is 0 Å². The first kappa shape index (κ1) is 28.1. The lowest BCUT2D eigenvalue weighted by molar-refractivity contribution is -0.138. The number of alkyl halides is 6. The zero-order valence-corrected chi connectivity index (χ0v) is 21.5. The van der Waals surface area contributed by atoms with E-state index in [1.54, 1.807) is 12.1 Å². The first-order valence-corrected chi connectivity index (χ1v) is 12.6. The molecule has 0 aliphatic carbocycles. The summed E-state index contributed by atoms with van der Waals surface area (Å²) in [7, 11) is 1.39. The van der Waals surface area contributed by atoms with Gasteiger partial charge in [0.1, 0.15) is 17.7 Å². The fraction of sp³-hybridized carbons (Fsp3) is 0.321. The molecule has 3 unspecified atom stereocenters. The van der Waals surface area contributed by atoms with Crippen molar-refractivity contribution in [1.82, 2.24) is 4.90 Å². The molecule has 12 heteroatoms. The highest BCUT2D eigenvalue weighted by molar-refractivity contribution is 6.31. The van der Waals surface area contributed by atoms with Crippen molar-refractivity contribution < 1.29 is 45.0 Å². The van der Waals surface area contributed by atoms with Crippen LogP contribution in [0.4, 0.5) is 35.5 Å². The van der Waals surface area contributed by atoms with E-state index in [-0.39, 0.29) is 17.5 Å². The molecule has 3 atom stereocenters. The summed E-state index contributed by atoms with van der Waals surface area (Å²) in [6, 6.07) is 7.96. The van der Waals surface area contributed by atoms with Crippen LogP contribution in [-0.4, -0.2) is 24.1 Å². The van der Waals surface area contributed by atoms with Crippen molar-refractivity contribution >= 4 is 17.7 Å². The molecule has 40 heavy (non-hydrogen) atoms. The number of ether oxygens (including phenoxy) is 2. The summed E-state index contributed by atoms with van der Waals surface area (Å²) in [5, 5.41) is 0.301. The average Bonchev–Trinajstić information content (AvgIpc) is 3.23. The lowest BCUT2D eigenvalue weighted by Crippen LogP contribution is -2.41. The number of piperidine rings is 1. The van der Waals surface area contributed by atoms with Gasteiger partial charge in [-0.1, -0.05) is 17.7 Å². The van der Waals surface area contributed by atoms with Gasteiger partial charge in [-0.3, -0.25) is 4.90 Å². The van der Waals surface area contributed by atoms with E-state index in [1.807, 2.05) is 0 Å². The van der Waals surface area contributed by atoms with Crippen LogP contribution in [0.25, 0.3) is 11.1 Å². The zero-order chi connectivity index (χ0) is 29.0. The summed E-state index contributed by atoms with van der Waals surface area (Å²) in [6.07, 6.45) is -10.7. The quantitative estimate of drug-likeness (QED) is 0.286. The molecule has 5 rings (SSSR count). The second kappa shape index (κ2) is 10.2. The van der Waals surface area contributed by atoms with Crippen molar-refractivity contribution in [2.24, 2.45) is 0 Å². The van der Waals surface area contributed by atoms with Crippen LogP contribution in [-0.2, 0) is 17.1 Å². The molecular formula is C28H21ClF7NO3.